The number of nitrogens with zero attached hydrogens (tertiary/aromatic N) is 3. The van der Waals surface area contributed by atoms with Crippen LogP contribution in [-0.2, 0) is 6.18 Å². The number of fused-ring (bicyclic) bond motifs is 1. The molecule has 0 amide bonds. The number of benzene rings is 3. The molecule has 0 saturated carbocycles. The van der Waals surface area contributed by atoms with Crippen LogP contribution in [0.15, 0.2) is 65.1 Å². The zero-order valence-electron chi connectivity index (χ0n) is 17.9. The van der Waals surface area contributed by atoms with Gasteiger partial charge in [0, 0.05) is 6.07 Å². The SMILES string of the molecule is COc1cc(/C=C(\C#N)c2nc3ccccc3o2)ccc1Oc1ccc(C(F)(F)F)cc1[N+](=O)[O-]. The van der Waals surface area contributed by atoms with E-state index in [4.69, 9.17) is 13.9 Å². The lowest BCUT2D eigenvalue weighted by molar-refractivity contribution is -0.385. The van der Waals surface area contributed by atoms with E-state index in [9.17, 15) is 28.5 Å². The van der Waals surface area contributed by atoms with Crippen LogP contribution < -0.4 is 9.47 Å². The lowest BCUT2D eigenvalue weighted by atomic mass is 10.1. The first-order valence-electron chi connectivity index (χ1n) is 9.89. The summed E-state index contributed by atoms with van der Waals surface area (Å²) in [7, 11) is 1.32. The number of halogens is 3. The van der Waals surface area contributed by atoms with Gasteiger partial charge < -0.3 is 13.9 Å². The zero-order valence-corrected chi connectivity index (χ0v) is 17.9. The van der Waals surface area contributed by atoms with Gasteiger partial charge in [0.05, 0.1) is 17.6 Å². The van der Waals surface area contributed by atoms with E-state index < -0.39 is 28.1 Å². The minimum Gasteiger partial charge on any atom is -0.493 e. The molecule has 0 unspecified atom stereocenters. The molecular weight excluding hydrogens is 467 g/mol. The molecule has 0 radical (unpaired) electrons. The molecule has 1 aromatic heterocycles. The fraction of sp³-hybridized carbons (Fsp3) is 0.0833. The summed E-state index contributed by atoms with van der Waals surface area (Å²) in [6.07, 6.45) is -3.25. The molecule has 11 heteroatoms. The molecule has 35 heavy (non-hydrogen) atoms. The van der Waals surface area contributed by atoms with Crippen molar-refractivity contribution in [1.29, 1.82) is 5.26 Å². The van der Waals surface area contributed by atoms with E-state index in [-0.39, 0.29) is 23.0 Å². The van der Waals surface area contributed by atoms with Gasteiger partial charge in [0.25, 0.3) is 0 Å². The molecule has 0 spiro atoms. The number of nitriles is 1. The summed E-state index contributed by atoms with van der Waals surface area (Å²) in [5.41, 5.74) is -0.294. The third-order valence-corrected chi connectivity index (χ3v) is 4.85. The second-order valence-electron chi connectivity index (χ2n) is 7.11. The van der Waals surface area contributed by atoms with Crippen LogP contribution in [0.25, 0.3) is 22.7 Å². The van der Waals surface area contributed by atoms with Crippen LogP contribution in [0.2, 0.25) is 0 Å². The number of rotatable bonds is 6. The number of nitro groups is 1. The molecule has 0 N–H and O–H groups in total. The number of para-hydroxylation sites is 2. The Kier molecular flexibility index (Phi) is 6.12. The number of hydrogen-bond donors (Lipinski definition) is 0. The first-order valence-corrected chi connectivity index (χ1v) is 9.89. The Balaban J connectivity index is 1.67. The van der Waals surface area contributed by atoms with Crippen molar-refractivity contribution in [3.05, 3.63) is 87.8 Å². The van der Waals surface area contributed by atoms with Gasteiger partial charge in [0.1, 0.15) is 17.2 Å². The van der Waals surface area contributed by atoms with Crippen molar-refractivity contribution in [2.45, 2.75) is 6.18 Å². The highest BCUT2D eigenvalue weighted by molar-refractivity contribution is 5.89. The molecule has 0 aliphatic carbocycles. The highest BCUT2D eigenvalue weighted by Crippen LogP contribution is 2.40. The molecule has 176 valence electrons. The van der Waals surface area contributed by atoms with Crippen LogP contribution in [0, 0.1) is 21.4 Å². The maximum absolute atomic E-state index is 12.9. The molecule has 0 bridgehead atoms. The third kappa shape index (κ3) is 4.91. The highest BCUT2D eigenvalue weighted by atomic mass is 19.4. The molecule has 3 aromatic carbocycles. The fourth-order valence-electron chi connectivity index (χ4n) is 3.20. The maximum Gasteiger partial charge on any atom is 0.416 e. The molecule has 0 aliphatic rings. The predicted molar refractivity (Wildman–Crippen MR) is 119 cm³/mol. The summed E-state index contributed by atoms with van der Waals surface area (Å²) in [5, 5.41) is 20.9. The van der Waals surface area contributed by atoms with Gasteiger partial charge >= 0.3 is 11.9 Å². The minimum atomic E-state index is -4.75. The lowest BCUT2D eigenvalue weighted by Crippen LogP contribution is -2.06. The monoisotopic (exact) mass is 481 g/mol. The quantitative estimate of drug-likeness (QED) is 0.173. The van der Waals surface area contributed by atoms with E-state index >= 15 is 0 Å². The first kappa shape index (κ1) is 23.3. The number of hydrogen-bond acceptors (Lipinski definition) is 7. The summed E-state index contributed by atoms with van der Waals surface area (Å²) in [4.78, 5) is 14.7. The average molecular weight is 481 g/mol. The Morgan fingerprint density at radius 3 is 2.51 bits per heavy atom. The van der Waals surface area contributed by atoms with E-state index in [0.717, 1.165) is 6.07 Å². The Hall–Kier alpha value is -4.85. The second-order valence-corrected chi connectivity index (χ2v) is 7.11. The number of oxazole rings is 1. The maximum atomic E-state index is 12.9. The van der Waals surface area contributed by atoms with Gasteiger partial charge in [-0.2, -0.15) is 18.4 Å². The van der Waals surface area contributed by atoms with E-state index in [2.05, 4.69) is 4.98 Å². The van der Waals surface area contributed by atoms with Crippen molar-refractivity contribution in [2.75, 3.05) is 7.11 Å². The van der Waals surface area contributed by atoms with Gasteiger partial charge in [0.15, 0.2) is 17.1 Å². The van der Waals surface area contributed by atoms with Crippen molar-refractivity contribution in [1.82, 2.24) is 4.98 Å². The van der Waals surface area contributed by atoms with Crippen LogP contribution in [0.3, 0.4) is 0 Å². The Morgan fingerprint density at radius 1 is 1.11 bits per heavy atom. The fourth-order valence-corrected chi connectivity index (χ4v) is 3.20. The molecule has 4 aromatic rings. The summed E-state index contributed by atoms with van der Waals surface area (Å²) >= 11 is 0. The highest BCUT2D eigenvalue weighted by Gasteiger charge is 2.33. The van der Waals surface area contributed by atoms with Crippen molar-refractivity contribution in [3.63, 3.8) is 0 Å². The minimum absolute atomic E-state index is 0.0212. The van der Waals surface area contributed by atoms with Gasteiger partial charge in [-0.3, -0.25) is 10.1 Å². The van der Waals surface area contributed by atoms with Crippen LogP contribution in [0.4, 0.5) is 18.9 Å². The zero-order chi connectivity index (χ0) is 25.2. The van der Waals surface area contributed by atoms with E-state index in [1.54, 1.807) is 24.3 Å². The third-order valence-electron chi connectivity index (χ3n) is 4.85. The van der Waals surface area contributed by atoms with Crippen LogP contribution >= 0.6 is 0 Å². The molecule has 4 rings (SSSR count). The standard InChI is InChI=1S/C24H14F3N3O5/c1-33-22-11-14(10-15(13-28)23-29-17-4-2-3-5-19(17)35-23)6-8-21(22)34-20-9-7-16(24(25,26)27)12-18(20)30(31)32/h2-12H,1H3/b15-10+. The van der Waals surface area contributed by atoms with E-state index in [1.807, 2.05) is 6.07 Å². The molecule has 0 atom stereocenters. The normalized spacial score (nSPS) is 11.8. The first-order chi connectivity index (χ1) is 16.7. The van der Waals surface area contributed by atoms with Gasteiger partial charge in [-0.25, -0.2) is 4.98 Å². The number of ether oxygens (including phenoxy) is 2. The lowest BCUT2D eigenvalue weighted by Gasteiger charge is -2.13. The van der Waals surface area contributed by atoms with E-state index in [1.165, 1.54) is 31.4 Å². The number of methoxy groups -OCH3 is 1. The van der Waals surface area contributed by atoms with Gasteiger partial charge in [-0.05, 0) is 48.0 Å². The molecule has 1 heterocycles. The van der Waals surface area contributed by atoms with Crippen LogP contribution in [-0.4, -0.2) is 17.0 Å². The summed E-state index contributed by atoms with van der Waals surface area (Å²) in [6.45, 7) is 0. The molecule has 0 aliphatic heterocycles. The van der Waals surface area contributed by atoms with Crippen molar-refractivity contribution < 1.29 is 32.0 Å². The average Bonchev–Trinajstić information content (AvgIpc) is 3.26. The topological polar surface area (TPSA) is 111 Å². The predicted octanol–water partition coefficient (Wildman–Crippen LogP) is 6.62. The smallest absolute Gasteiger partial charge is 0.416 e. The number of alkyl halides is 3. The number of allylic oxidation sites excluding steroid dienone is 1. The number of aromatic nitrogens is 1. The molecule has 0 saturated heterocycles. The second kappa shape index (κ2) is 9.18. The van der Waals surface area contributed by atoms with Gasteiger partial charge in [-0.1, -0.05) is 18.2 Å². The molecule has 0 fully saturated rings. The summed E-state index contributed by atoms with van der Waals surface area (Å²) in [5.74, 6) is -0.127. The summed E-state index contributed by atoms with van der Waals surface area (Å²) < 4.78 is 55.3. The Labute approximate surface area is 195 Å². The van der Waals surface area contributed by atoms with Crippen molar-refractivity contribution in [2.24, 2.45) is 0 Å². The number of nitro benzene ring substituents is 1. The van der Waals surface area contributed by atoms with Crippen LogP contribution in [0.1, 0.15) is 17.0 Å². The Bertz CT molecular complexity index is 1470. The van der Waals surface area contributed by atoms with Crippen LogP contribution in [0.5, 0.6) is 17.2 Å². The molecular formula is C24H14F3N3O5. The molecule has 8 nitrogen and oxygen atoms in total. The van der Waals surface area contributed by atoms with Crippen molar-refractivity contribution >= 4 is 28.4 Å². The van der Waals surface area contributed by atoms with Crippen molar-refractivity contribution in [3.8, 4) is 23.3 Å². The van der Waals surface area contributed by atoms with E-state index in [0.29, 0.717) is 28.8 Å². The Morgan fingerprint density at radius 2 is 1.86 bits per heavy atom. The van der Waals surface area contributed by atoms with Gasteiger partial charge in [0.2, 0.25) is 11.6 Å². The van der Waals surface area contributed by atoms with Gasteiger partial charge in [-0.15, -0.1) is 0 Å². The summed E-state index contributed by atoms with van der Waals surface area (Å²) in [6, 6.07) is 15.4. The largest absolute Gasteiger partial charge is 0.493 e.